The molecule has 0 aliphatic carbocycles. The molecule has 0 spiro atoms. The first kappa shape index (κ1) is 12.2. The van der Waals surface area contributed by atoms with Crippen LogP contribution in [0.25, 0.3) is 0 Å². The molecule has 3 nitrogen and oxygen atoms in total. The van der Waals surface area contributed by atoms with E-state index in [1.807, 2.05) is 0 Å². The fourth-order valence-corrected chi connectivity index (χ4v) is 2.19. The Labute approximate surface area is 92.7 Å². The average molecular weight is 209 g/mol. The molecule has 0 saturated heterocycles. The molecule has 15 heavy (non-hydrogen) atoms. The summed E-state index contributed by atoms with van der Waals surface area (Å²) in [4.78, 5) is 0. The molecule has 0 atom stereocenters. The number of hydrogen-bond donors (Lipinski definition) is 1. The molecular formula is C12H23N3. The molecule has 0 saturated carbocycles. The topological polar surface area (TPSA) is 43.8 Å². The molecular weight excluding hydrogens is 186 g/mol. The molecule has 0 aromatic carbocycles. The number of nitrogens with zero attached hydrogens (tertiary/aromatic N) is 2. The third-order valence-electron chi connectivity index (χ3n) is 3.16. The summed E-state index contributed by atoms with van der Waals surface area (Å²) in [6, 6.07) is 0.537. The van der Waals surface area contributed by atoms with E-state index < -0.39 is 0 Å². The zero-order chi connectivity index (χ0) is 11.4. The van der Waals surface area contributed by atoms with Crippen molar-refractivity contribution >= 4 is 0 Å². The van der Waals surface area contributed by atoms with Gasteiger partial charge in [-0.1, -0.05) is 13.8 Å². The second kappa shape index (κ2) is 5.31. The number of nitrogens with two attached hydrogens (primary N) is 1. The Morgan fingerprint density at radius 3 is 2.33 bits per heavy atom. The van der Waals surface area contributed by atoms with Crippen molar-refractivity contribution in [1.82, 2.24) is 9.78 Å². The molecule has 0 fully saturated rings. The number of rotatable bonds is 5. The van der Waals surface area contributed by atoms with Gasteiger partial charge in [-0.15, -0.1) is 0 Å². The van der Waals surface area contributed by atoms with Crippen LogP contribution in [0.2, 0.25) is 0 Å². The summed E-state index contributed by atoms with van der Waals surface area (Å²) in [6.45, 7) is 9.37. The highest BCUT2D eigenvalue weighted by Crippen LogP contribution is 2.21. The Morgan fingerprint density at radius 1 is 1.27 bits per heavy atom. The van der Waals surface area contributed by atoms with Gasteiger partial charge in [0.1, 0.15) is 0 Å². The lowest BCUT2D eigenvalue weighted by Crippen LogP contribution is -2.11. The fourth-order valence-electron chi connectivity index (χ4n) is 2.19. The van der Waals surface area contributed by atoms with E-state index in [0.29, 0.717) is 12.6 Å². The lowest BCUT2D eigenvalue weighted by molar-refractivity contribution is 0.418. The van der Waals surface area contributed by atoms with Gasteiger partial charge in [0.05, 0.1) is 11.7 Å². The summed E-state index contributed by atoms with van der Waals surface area (Å²) in [5.41, 5.74) is 9.39. The first-order chi connectivity index (χ1) is 7.15. The first-order valence-electron chi connectivity index (χ1n) is 5.90. The van der Waals surface area contributed by atoms with E-state index in [9.17, 15) is 0 Å². The predicted molar refractivity (Wildman–Crippen MR) is 64.1 cm³/mol. The van der Waals surface area contributed by atoms with Crippen molar-refractivity contribution in [3.8, 4) is 0 Å². The van der Waals surface area contributed by atoms with Crippen LogP contribution in [-0.4, -0.2) is 16.3 Å². The van der Waals surface area contributed by atoms with Gasteiger partial charge in [-0.3, -0.25) is 4.68 Å². The van der Waals surface area contributed by atoms with E-state index in [-0.39, 0.29) is 0 Å². The molecule has 3 heteroatoms. The van der Waals surface area contributed by atoms with Crippen LogP contribution >= 0.6 is 0 Å². The molecule has 1 heterocycles. The summed E-state index contributed by atoms with van der Waals surface area (Å²) in [5, 5.41) is 4.63. The summed E-state index contributed by atoms with van der Waals surface area (Å²) in [7, 11) is 0. The number of aromatic nitrogens is 2. The summed E-state index contributed by atoms with van der Waals surface area (Å²) >= 11 is 0. The van der Waals surface area contributed by atoms with Gasteiger partial charge in [0.2, 0.25) is 0 Å². The van der Waals surface area contributed by atoms with E-state index in [2.05, 4.69) is 37.5 Å². The monoisotopic (exact) mass is 209 g/mol. The number of hydrogen-bond acceptors (Lipinski definition) is 2. The van der Waals surface area contributed by atoms with Crippen molar-refractivity contribution in [3.05, 3.63) is 17.0 Å². The Balaban J connectivity index is 3.04. The van der Waals surface area contributed by atoms with Crippen molar-refractivity contribution in [2.24, 2.45) is 5.73 Å². The van der Waals surface area contributed by atoms with Crippen LogP contribution in [0.4, 0.5) is 0 Å². The third-order valence-corrected chi connectivity index (χ3v) is 3.16. The van der Waals surface area contributed by atoms with Crippen molar-refractivity contribution in [2.75, 3.05) is 6.54 Å². The third kappa shape index (κ3) is 2.40. The molecule has 86 valence electrons. The van der Waals surface area contributed by atoms with Gasteiger partial charge in [-0.25, -0.2) is 0 Å². The predicted octanol–water partition coefficient (Wildman–Crippen LogP) is 2.36. The van der Waals surface area contributed by atoms with Crippen LogP contribution in [0.5, 0.6) is 0 Å². The Morgan fingerprint density at radius 2 is 1.87 bits per heavy atom. The van der Waals surface area contributed by atoms with Gasteiger partial charge < -0.3 is 5.73 Å². The van der Waals surface area contributed by atoms with Gasteiger partial charge in [-0.05, 0) is 45.2 Å². The normalized spacial score (nSPS) is 11.3. The van der Waals surface area contributed by atoms with Gasteiger partial charge in [-0.2, -0.15) is 5.10 Å². The van der Waals surface area contributed by atoms with Crippen LogP contribution in [0, 0.1) is 13.8 Å². The summed E-state index contributed by atoms with van der Waals surface area (Å²) in [6.07, 6.45) is 3.22. The molecule has 1 rings (SSSR count). The standard InChI is InChI=1S/C12H23N3/c1-5-11(6-2)15-10(4)12(7-8-13)9(3)14-15/h11H,5-8,13H2,1-4H3. The minimum atomic E-state index is 0.537. The molecule has 0 bridgehead atoms. The lowest BCUT2D eigenvalue weighted by Gasteiger charge is -2.15. The highest BCUT2D eigenvalue weighted by atomic mass is 15.3. The Kier molecular flexibility index (Phi) is 4.33. The van der Waals surface area contributed by atoms with Gasteiger partial charge in [0, 0.05) is 5.69 Å². The highest BCUT2D eigenvalue weighted by Gasteiger charge is 2.15. The van der Waals surface area contributed by atoms with E-state index in [1.165, 1.54) is 11.3 Å². The average Bonchev–Trinajstić information content (AvgIpc) is 2.49. The lowest BCUT2D eigenvalue weighted by atomic mass is 10.1. The highest BCUT2D eigenvalue weighted by molar-refractivity contribution is 5.25. The zero-order valence-electron chi connectivity index (χ0n) is 10.4. The van der Waals surface area contributed by atoms with Crippen molar-refractivity contribution < 1.29 is 0 Å². The SMILES string of the molecule is CCC(CC)n1nc(C)c(CCN)c1C. The number of aryl methyl sites for hydroxylation is 1. The zero-order valence-corrected chi connectivity index (χ0v) is 10.4. The quantitative estimate of drug-likeness (QED) is 0.809. The molecule has 1 aromatic rings. The second-order valence-corrected chi connectivity index (χ2v) is 4.10. The first-order valence-corrected chi connectivity index (χ1v) is 5.90. The van der Waals surface area contributed by atoms with E-state index in [1.54, 1.807) is 0 Å². The maximum Gasteiger partial charge on any atom is 0.0629 e. The van der Waals surface area contributed by atoms with Gasteiger partial charge in [0.15, 0.2) is 0 Å². The summed E-state index contributed by atoms with van der Waals surface area (Å²) in [5.74, 6) is 0. The largest absolute Gasteiger partial charge is 0.330 e. The van der Waals surface area contributed by atoms with Crippen LogP contribution in [0.15, 0.2) is 0 Å². The van der Waals surface area contributed by atoms with E-state index >= 15 is 0 Å². The minimum absolute atomic E-state index is 0.537. The van der Waals surface area contributed by atoms with E-state index in [0.717, 1.165) is 25.0 Å². The molecule has 2 N–H and O–H groups in total. The smallest absolute Gasteiger partial charge is 0.0629 e. The van der Waals surface area contributed by atoms with Crippen LogP contribution < -0.4 is 5.73 Å². The Bertz CT molecular complexity index is 311. The van der Waals surface area contributed by atoms with E-state index in [4.69, 9.17) is 5.73 Å². The second-order valence-electron chi connectivity index (χ2n) is 4.10. The molecule has 0 radical (unpaired) electrons. The molecule has 0 aliphatic heterocycles. The van der Waals surface area contributed by atoms with Gasteiger partial charge >= 0.3 is 0 Å². The van der Waals surface area contributed by atoms with Crippen LogP contribution in [0.3, 0.4) is 0 Å². The van der Waals surface area contributed by atoms with Crippen molar-refractivity contribution in [2.45, 2.75) is 53.0 Å². The Hall–Kier alpha value is -0.830. The molecule has 0 amide bonds. The molecule has 0 aliphatic rings. The fraction of sp³-hybridized carbons (Fsp3) is 0.750. The van der Waals surface area contributed by atoms with Crippen LogP contribution in [0.1, 0.15) is 49.7 Å². The van der Waals surface area contributed by atoms with Gasteiger partial charge in [0.25, 0.3) is 0 Å². The maximum atomic E-state index is 5.61. The molecule has 1 aromatic heterocycles. The van der Waals surface area contributed by atoms with Crippen molar-refractivity contribution in [1.29, 1.82) is 0 Å². The summed E-state index contributed by atoms with van der Waals surface area (Å²) < 4.78 is 2.18. The minimum Gasteiger partial charge on any atom is -0.330 e. The maximum absolute atomic E-state index is 5.61. The molecule has 0 unspecified atom stereocenters. The van der Waals surface area contributed by atoms with Crippen LogP contribution in [-0.2, 0) is 6.42 Å². The van der Waals surface area contributed by atoms with Crippen molar-refractivity contribution in [3.63, 3.8) is 0 Å².